The number of aryl methyl sites for hydroxylation is 2. The van der Waals surface area contributed by atoms with E-state index >= 15 is 0 Å². The third-order valence-corrected chi connectivity index (χ3v) is 5.60. The molecule has 4 rings (SSSR count). The summed E-state index contributed by atoms with van der Waals surface area (Å²) < 4.78 is 4.35. The highest BCUT2D eigenvalue weighted by molar-refractivity contribution is 6.31. The van der Waals surface area contributed by atoms with Crippen LogP contribution in [-0.4, -0.2) is 25.7 Å². The molecule has 0 radical (unpaired) electrons. The van der Waals surface area contributed by atoms with Gasteiger partial charge in [0, 0.05) is 32.7 Å². The summed E-state index contributed by atoms with van der Waals surface area (Å²) in [6.45, 7) is 0.723. The maximum Gasteiger partial charge on any atom is 0.332 e. The van der Waals surface area contributed by atoms with Gasteiger partial charge in [-0.15, -0.1) is 0 Å². The average molecular weight is 424 g/mol. The zero-order valence-electron chi connectivity index (χ0n) is 17.0. The van der Waals surface area contributed by atoms with Gasteiger partial charge in [0.2, 0.25) is 5.95 Å². The first-order valence-corrected chi connectivity index (χ1v) is 9.91. The minimum absolute atomic E-state index is 0.0987. The van der Waals surface area contributed by atoms with Crippen LogP contribution >= 0.6 is 11.6 Å². The fourth-order valence-electron chi connectivity index (χ4n) is 3.64. The van der Waals surface area contributed by atoms with Crippen LogP contribution in [0.4, 0.5) is 5.95 Å². The number of aromatic nitrogens is 4. The van der Waals surface area contributed by atoms with E-state index in [0.717, 1.165) is 5.56 Å². The first-order chi connectivity index (χ1) is 14.4. The molecule has 0 aliphatic carbocycles. The zero-order chi connectivity index (χ0) is 21.4. The Labute approximate surface area is 178 Å². The van der Waals surface area contributed by atoms with E-state index in [1.165, 1.54) is 9.13 Å². The van der Waals surface area contributed by atoms with E-state index in [1.54, 1.807) is 30.8 Å². The van der Waals surface area contributed by atoms with Gasteiger partial charge < -0.3 is 9.47 Å². The summed E-state index contributed by atoms with van der Waals surface area (Å²) in [6, 6.07) is 17.2. The summed E-state index contributed by atoms with van der Waals surface area (Å²) >= 11 is 6.24. The largest absolute Gasteiger partial charge is 0.341 e. The number of halogens is 1. The van der Waals surface area contributed by atoms with Gasteiger partial charge >= 0.3 is 5.69 Å². The first-order valence-electron chi connectivity index (χ1n) is 9.53. The Hall–Kier alpha value is -3.32. The molecule has 4 aromatic rings. The highest BCUT2D eigenvalue weighted by atomic mass is 35.5. The predicted octanol–water partition coefficient (Wildman–Crippen LogP) is 2.77. The second-order valence-corrected chi connectivity index (χ2v) is 7.72. The predicted molar refractivity (Wildman–Crippen MR) is 119 cm³/mol. The third-order valence-electron chi connectivity index (χ3n) is 5.23. The summed E-state index contributed by atoms with van der Waals surface area (Å²) in [5.41, 5.74) is 1.75. The summed E-state index contributed by atoms with van der Waals surface area (Å²) in [5, 5.41) is 0.514. The van der Waals surface area contributed by atoms with Crippen LogP contribution in [0.5, 0.6) is 0 Å². The van der Waals surface area contributed by atoms with Crippen molar-refractivity contribution in [3.05, 3.63) is 91.6 Å². The Morgan fingerprint density at radius 2 is 1.63 bits per heavy atom. The van der Waals surface area contributed by atoms with Gasteiger partial charge in [-0.2, -0.15) is 4.98 Å². The van der Waals surface area contributed by atoms with Crippen LogP contribution < -0.4 is 16.1 Å². The molecule has 7 nitrogen and oxygen atoms in total. The minimum atomic E-state index is -0.428. The third kappa shape index (κ3) is 3.41. The van der Waals surface area contributed by atoms with Crippen LogP contribution in [0.15, 0.2) is 64.2 Å². The van der Waals surface area contributed by atoms with Crippen LogP contribution in [0, 0.1) is 0 Å². The van der Waals surface area contributed by atoms with E-state index in [4.69, 9.17) is 11.6 Å². The molecule has 2 aromatic carbocycles. The van der Waals surface area contributed by atoms with Crippen molar-refractivity contribution in [2.75, 3.05) is 11.9 Å². The summed E-state index contributed by atoms with van der Waals surface area (Å²) in [6.07, 6.45) is 0. The standard InChI is InChI=1S/C22H22ClN5O2/c1-25(13-15-9-5-4-6-10-15)21-24-19-18(26(21)2)20(29)28(22(30)27(19)3)14-16-11-7-8-12-17(16)23/h4-12H,13-14H2,1-3H3. The number of hydrogen-bond acceptors (Lipinski definition) is 4. The average Bonchev–Trinajstić information content (AvgIpc) is 3.09. The van der Waals surface area contributed by atoms with Crippen molar-refractivity contribution in [2.24, 2.45) is 14.1 Å². The molecule has 0 spiro atoms. The van der Waals surface area contributed by atoms with Gasteiger partial charge in [0.25, 0.3) is 5.56 Å². The summed E-state index contributed by atoms with van der Waals surface area (Å²) in [4.78, 5) is 32.7. The highest BCUT2D eigenvalue weighted by Crippen LogP contribution is 2.19. The molecular formula is C22H22ClN5O2. The molecule has 0 saturated carbocycles. The van der Waals surface area contributed by atoms with E-state index in [1.807, 2.05) is 54.4 Å². The van der Waals surface area contributed by atoms with E-state index in [9.17, 15) is 9.59 Å². The normalized spacial score (nSPS) is 11.2. The van der Waals surface area contributed by atoms with Gasteiger partial charge in [0.1, 0.15) is 0 Å². The first kappa shape index (κ1) is 20.0. The number of fused-ring (bicyclic) bond motifs is 1. The van der Waals surface area contributed by atoms with Gasteiger partial charge in [0.05, 0.1) is 6.54 Å². The van der Waals surface area contributed by atoms with Gasteiger partial charge in [0.15, 0.2) is 11.2 Å². The maximum atomic E-state index is 13.3. The summed E-state index contributed by atoms with van der Waals surface area (Å²) in [7, 11) is 5.33. The topological polar surface area (TPSA) is 65.1 Å². The molecule has 0 saturated heterocycles. The smallest absolute Gasteiger partial charge is 0.332 e. The molecule has 30 heavy (non-hydrogen) atoms. The Bertz CT molecular complexity index is 1340. The van der Waals surface area contributed by atoms with Crippen LogP contribution in [0.2, 0.25) is 5.02 Å². The summed E-state index contributed by atoms with van der Waals surface area (Å²) in [5.74, 6) is 0.608. The monoisotopic (exact) mass is 423 g/mol. The van der Waals surface area contributed by atoms with Crippen molar-refractivity contribution in [3.63, 3.8) is 0 Å². The molecule has 2 aromatic heterocycles. The molecule has 0 fully saturated rings. The number of anilines is 1. The van der Waals surface area contributed by atoms with Crippen molar-refractivity contribution >= 4 is 28.7 Å². The van der Waals surface area contributed by atoms with E-state index in [0.29, 0.717) is 34.2 Å². The van der Waals surface area contributed by atoms with Gasteiger partial charge in [-0.3, -0.25) is 13.9 Å². The second kappa shape index (κ2) is 7.84. The number of imidazole rings is 1. The number of rotatable bonds is 5. The van der Waals surface area contributed by atoms with Gasteiger partial charge in [-0.25, -0.2) is 4.79 Å². The van der Waals surface area contributed by atoms with Crippen LogP contribution in [0.25, 0.3) is 11.2 Å². The van der Waals surface area contributed by atoms with Crippen LogP contribution in [-0.2, 0) is 27.2 Å². The van der Waals surface area contributed by atoms with E-state index in [2.05, 4.69) is 4.98 Å². The van der Waals surface area contributed by atoms with Gasteiger partial charge in [-0.05, 0) is 17.2 Å². The van der Waals surface area contributed by atoms with E-state index < -0.39 is 5.69 Å². The molecule has 0 N–H and O–H groups in total. The van der Waals surface area contributed by atoms with Crippen LogP contribution in [0.1, 0.15) is 11.1 Å². The van der Waals surface area contributed by atoms with E-state index in [-0.39, 0.29) is 12.1 Å². The Morgan fingerprint density at radius 1 is 0.967 bits per heavy atom. The lowest BCUT2D eigenvalue weighted by Crippen LogP contribution is -2.39. The quantitative estimate of drug-likeness (QED) is 0.495. The van der Waals surface area contributed by atoms with Crippen molar-refractivity contribution in [2.45, 2.75) is 13.1 Å². The fourth-order valence-corrected chi connectivity index (χ4v) is 3.83. The Kier molecular flexibility index (Phi) is 5.22. The number of nitrogens with zero attached hydrogens (tertiary/aromatic N) is 5. The van der Waals surface area contributed by atoms with Crippen LogP contribution in [0.3, 0.4) is 0 Å². The highest BCUT2D eigenvalue weighted by Gasteiger charge is 2.20. The van der Waals surface area contributed by atoms with Crippen molar-refractivity contribution < 1.29 is 0 Å². The second-order valence-electron chi connectivity index (χ2n) is 7.31. The molecule has 0 aliphatic heterocycles. The Balaban J connectivity index is 1.82. The lowest BCUT2D eigenvalue weighted by atomic mass is 10.2. The lowest BCUT2D eigenvalue weighted by Gasteiger charge is -2.18. The SMILES string of the molecule is CN(Cc1ccccc1)c1nc2c(c(=O)n(Cc3ccccc3Cl)c(=O)n2C)n1C. The Morgan fingerprint density at radius 3 is 2.33 bits per heavy atom. The molecule has 0 unspecified atom stereocenters. The molecule has 2 heterocycles. The van der Waals surface area contributed by atoms with Gasteiger partial charge in [-0.1, -0.05) is 60.1 Å². The van der Waals surface area contributed by atoms with Crippen molar-refractivity contribution in [1.29, 1.82) is 0 Å². The molecule has 0 amide bonds. The molecule has 154 valence electrons. The number of benzene rings is 2. The molecule has 0 aliphatic rings. The molecule has 8 heteroatoms. The van der Waals surface area contributed by atoms with Crippen molar-refractivity contribution in [3.8, 4) is 0 Å². The fraction of sp³-hybridized carbons (Fsp3) is 0.227. The number of hydrogen-bond donors (Lipinski definition) is 0. The molecule has 0 bridgehead atoms. The van der Waals surface area contributed by atoms with Crippen molar-refractivity contribution in [1.82, 2.24) is 18.7 Å². The lowest BCUT2D eigenvalue weighted by molar-refractivity contribution is 0.655. The molecular weight excluding hydrogens is 402 g/mol. The minimum Gasteiger partial charge on any atom is -0.341 e. The maximum absolute atomic E-state index is 13.3. The zero-order valence-corrected chi connectivity index (χ0v) is 17.8. The molecule has 0 atom stereocenters.